The molecule has 0 bridgehead atoms. The molecule has 4 aromatic rings. The van der Waals surface area contributed by atoms with Crippen LogP contribution in [0.25, 0.3) is 15.9 Å². The van der Waals surface area contributed by atoms with Crippen molar-refractivity contribution in [2.45, 2.75) is 30.8 Å². The van der Waals surface area contributed by atoms with Crippen LogP contribution in [0.4, 0.5) is 5.69 Å². The minimum Gasteiger partial charge on any atom is -0.325 e. The van der Waals surface area contributed by atoms with E-state index in [4.69, 9.17) is 16.6 Å². The summed E-state index contributed by atoms with van der Waals surface area (Å²) < 4.78 is 2.56. The zero-order valence-electron chi connectivity index (χ0n) is 17.4. The van der Waals surface area contributed by atoms with Crippen LogP contribution in [-0.2, 0) is 17.6 Å². The second-order valence-electron chi connectivity index (χ2n) is 7.75. The first-order valence-corrected chi connectivity index (χ1v) is 13.5. The zero-order valence-corrected chi connectivity index (χ0v) is 21.4. The molecule has 0 atom stereocenters. The number of thiophene rings is 1. The molecule has 1 aliphatic rings. The van der Waals surface area contributed by atoms with Crippen molar-refractivity contribution in [1.29, 1.82) is 0 Å². The molecule has 0 saturated carbocycles. The van der Waals surface area contributed by atoms with Crippen molar-refractivity contribution in [3.8, 4) is 5.69 Å². The fraction of sp³-hybridized carbons (Fsp3) is 0.208. The maximum absolute atomic E-state index is 13.7. The van der Waals surface area contributed by atoms with Gasteiger partial charge in [-0.2, -0.15) is 0 Å². The Morgan fingerprint density at radius 3 is 2.76 bits per heavy atom. The van der Waals surface area contributed by atoms with Crippen LogP contribution >= 0.6 is 50.6 Å². The van der Waals surface area contributed by atoms with E-state index < -0.39 is 0 Å². The molecule has 5 nitrogen and oxygen atoms in total. The van der Waals surface area contributed by atoms with Crippen LogP contribution in [-0.4, -0.2) is 21.2 Å². The molecule has 9 heteroatoms. The van der Waals surface area contributed by atoms with Crippen molar-refractivity contribution < 1.29 is 4.79 Å². The summed E-state index contributed by atoms with van der Waals surface area (Å²) in [6.45, 7) is 0. The monoisotopic (exact) mass is 559 g/mol. The predicted molar refractivity (Wildman–Crippen MR) is 140 cm³/mol. The van der Waals surface area contributed by atoms with Crippen LogP contribution in [0.3, 0.4) is 0 Å². The lowest BCUT2D eigenvalue weighted by Crippen LogP contribution is -2.23. The first-order chi connectivity index (χ1) is 16.0. The standard InChI is InChI=1S/C24H19BrClN3O2S2/c25-14-8-10-17(11-9-14)29-23(31)21-18-6-1-2-7-19(18)33-22(21)28-24(29)32-13-20(30)27-16-5-3-4-15(26)12-16/h3-5,8-12H,1-2,6-7,13H2,(H,27,30). The lowest BCUT2D eigenvalue weighted by Gasteiger charge is -2.14. The summed E-state index contributed by atoms with van der Waals surface area (Å²) in [5.41, 5.74) is 2.44. The van der Waals surface area contributed by atoms with Gasteiger partial charge >= 0.3 is 0 Å². The number of hydrogen-bond donors (Lipinski definition) is 1. The van der Waals surface area contributed by atoms with Crippen molar-refractivity contribution in [1.82, 2.24) is 9.55 Å². The number of amides is 1. The molecule has 0 aliphatic heterocycles. The molecule has 2 heterocycles. The van der Waals surface area contributed by atoms with Gasteiger partial charge in [-0.15, -0.1) is 11.3 Å². The van der Waals surface area contributed by atoms with Crippen molar-refractivity contribution in [3.05, 3.63) is 78.8 Å². The molecular weight excluding hydrogens is 542 g/mol. The van der Waals surface area contributed by atoms with Gasteiger partial charge in [0.05, 0.1) is 16.8 Å². The van der Waals surface area contributed by atoms with Gasteiger partial charge in [0.25, 0.3) is 5.56 Å². The number of rotatable bonds is 5. The van der Waals surface area contributed by atoms with Crippen LogP contribution in [0.1, 0.15) is 23.3 Å². The second kappa shape index (κ2) is 9.62. The van der Waals surface area contributed by atoms with Crippen molar-refractivity contribution in [3.63, 3.8) is 0 Å². The van der Waals surface area contributed by atoms with Gasteiger partial charge in [-0.3, -0.25) is 14.2 Å². The van der Waals surface area contributed by atoms with Crippen molar-refractivity contribution in [2.24, 2.45) is 0 Å². The molecule has 5 rings (SSSR count). The van der Waals surface area contributed by atoms with E-state index in [9.17, 15) is 9.59 Å². The summed E-state index contributed by atoms with van der Waals surface area (Å²) in [6, 6.07) is 14.6. The summed E-state index contributed by atoms with van der Waals surface area (Å²) in [7, 11) is 0. The maximum atomic E-state index is 13.7. The number of hydrogen-bond acceptors (Lipinski definition) is 5. The third-order valence-corrected chi connectivity index (χ3v) is 8.37. The number of nitrogens with one attached hydrogen (secondary N) is 1. The highest BCUT2D eigenvalue weighted by Crippen LogP contribution is 2.35. The summed E-state index contributed by atoms with van der Waals surface area (Å²) in [5.74, 6) is -0.0732. The predicted octanol–water partition coefficient (Wildman–Crippen LogP) is 6.47. The summed E-state index contributed by atoms with van der Waals surface area (Å²) >= 11 is 12.3. The fourth-order valence-corrected chi connectivity index (χ4v) is 6.56. The minimum atomic E-state index is -0.190. The smallest absolute Gasteiger partial charge is 0.267 e. The van der Waals surface area contributed by atoms with E-state index in [1.54, 1.807) is 40.2 Å². The number of anilines is 1. The molecule has 0 spiro atoms. The normalized spacial score (nSPS) is 13.2. The molecule has 168 valence electrons. The number of aryl methyl sites for hydroxylation is 2. The van der Waals surface area contributed by atoms with E-state index in [1.165, 1.54) is 16.6 Å². The molecule has 33 heavy (non-hydrogen) atoms. The zero-order chi connectivity index (χ0) is 22.9. The van der Waals surface area contributed by atoms with Gasteiger partial charge in [-0.25, -0.2) is 4.98 Å². The topological polar surface area (TPSA) is 64.0 Å². The van der Waals surface area contributed by atoms with Gasteiger partial charge in [0.1, 0.15) is 4.83 Å². The number of nitrogens with zero attached hydrogens (tertiary/aromatic N) is 2. The van der Waals surface area contributed by atoms with Gasteiger partial charge in [0.15, 0.2) is 5.16 Å². The van der Waals surface area contributed by atoms with E-state index in [0.717, 1.165) is 51.6 Å². The molecule has 0 unspecified atom stereocenters. The first kappa shape index (κ1) is 22.7. The van der Waals surface area contributed by atoms with Crippen LogP contribution in [0.2, 0.25) is 5.02 Å². The fourth-order valence-electron chi connectivity index (χ4n) is 3.99. The average molecular weight is 561 g/mol. The maximum Gasteiger partial charge on any atom is 0.267 e. The van der Waals surface area contributed by atoms with Gasteiger partial charge in [0, 0.05) is 20.1 Å². The molecule has 1 N–H and O–H groups in total. The summed E-state index contributed by atoms with van der Waals surface area (Å²) in [6.07, 6.45) is 4.16. The Bertz CT molecular complexity index is 1420. The molecular formula is C24H19BrClN3O2S2. The van der Waals surface area contributed by atoms with E-state index in [0.29, 0.717) is 15.9 Å². The summed E-state index contributed by atoms with van der Waals surface area (Å²) in [4.78, 5) is 33.2. The van der Waals surface area contributed by atoms with E-state index in [-0.39, 0.29) is 17.2 Å². The number of carbonyl (C=O) groups is 1. The van der Waals surface area contributed by atoms with Gasteiger partial charge in [0.2, 0.25) is 5.91 Å². The van der Waals surface area contributed by atoms with Gasteiger partial charge < -0.3 is 5.32 Å². The average Bonchev–Trinajstić information content (AvgIpc) is 3.17. The molecule has 2 aromatic heterocycles. The Balaban J connectivity index is 1.52. The molecule has 0 saturated heterocycles. The van der Waals surface area contributed by atoms with Crippen LogP contribution in [0.15, 0.2) is 63.0 Å². The Labute approximate surface area is 212 Å². The van der Waals surface area contributed by atoms with Crippen LogP contribution in [0, 0.1) is 0 Å². The van der Waals surface area contributed by atoms with E-state index in [2.05, 4.69) is 21.2 Å². The largest absolute Gasteiger partial charge is 0.325 e. The minimum absolute atomic E-state index is 0.0699. The SMILES string of the molecule is O=C(CSc1nc2sc3c(c2c(=O)n1-c1ccc(Br)cc1)CCCC3)Nc1cccc(Cl)c1. The lowest BCUT2D eigenvalue weighted by molar-refractivity contribution is -0.113. The summed E-state index contributed by atoms with van der Waals surface area (Å²) in [5, 5.41) is 4.64. The Kier molecular flexibility index (Phi) is 6.60. The Hall–Kier alpha value is -2.13. The number of carbonyl (C=O) groups excluding carboxylic acids is 1. The molecule has 1 aliphatic carbocycles. The second-order valence-corrected chi connectivity index (χ2v) is 11.1. The number of benzene rings is 2. The molecule has 2 aromatic carbocycles. The molecule has 0 fully saturated rings. The third-order valence-electron chi connectivity index (χ3n) is 5.48. The first-order valence-electron chi connectivity index (χ1n) is 10.5. The van der Waals surface area contributed by atoms with Gasteiger partial charge in [-0.1, -0.05) is 45.4 Å². The lowest BCUT2D eigenvalue weighted by atomic mass is 9.97. The van der Waals surface area contributed by atoms with Crippen molar-refractivity contribution in [2.75, 3.05) is 11.1 Å². The molecule has 0 radical (unpaired) electrons. The number of aromatic nitrogens is 2. The highest BCUT2D eigenvalue weighted by atomic mass is 79.9. The third kappa shape index (κ3) is 4.75. The Morgan fingerprint density at radius 2 is 1.97 bits per heavy atom. The Morgan fingerprint density at radius 1 is 1.18 bits per heavy atom. The van der Waals surface area contributed by atoms with Crippen LogP contribution < -0.4 is 10.9 Å². The van der Waals surface area contributed by atoms with Crippen molar-refractivity contribution >= 4 is 72.4 Å². The van der Waals surface area contributed by atoms with E-state index in [1.807, 2.05) is 24.3 Å². The number of halogens is 2. The highest BCUT2D eigenvalue weighted by molar-refractivity contribution is 9.10. The van der Waals surface area contributed by atoms with Crippen LogP contribution in [0.5, 0.6) is 0 Å². The highest BCUT2D eigenvalue weighted by Gasteiger charge is 2.23. The van der Waals surface area contributed by atoms with E-state index >= 15 is 0 Å². The quantitative estimate of drug-likeness (QED) is 0.224. The number of thioether (sulfide) groups is 1. The molecule has 1 amide bonds. The number of fused-ring (bicyclic) bond motifs is 3. The van der Waals surface area contributed by atoms with Gasteiger partial charge in [-0.05, 0) is 73.7 Å².